The molecule has 2 aromatic rings. The first-order valence-corrected chi connectivity index (χ1v) is 6.83. The fourth-order valence-electron chi connectivity index (χ4n) is 1.74. The number of carbonyl (C=O) groups excluding carboxylic acids is 1. The van der Waals surface area contributed by atoms with E-state index < -0.39 is 23.2 Å². The van der Waals surface area contributed by atoms with Gasteiger partial charge in [0.25, 0.3) is 5.91 Å². The summed E-state index contributed by atoms with van der Waals surface area (Å²) in [5.41, 5.74) is -0.676. The zero-order valence-electron chi connectivity index (χ0n) is 10.9. The van der Waals surface area contributed by atoms with Crippen LogP contribution in [0.5, 0.6) is 0 Å². The Balaban J connectivity index is 2.30. The Labute approximate surface area is 126 Å². The van der Waals surface area contributed by atoms with Crippen molar-refractivity contribution in [2.45, 2.75) is 19.5 Å². The van der Waals surface area contributed by atoms with E-state index in [9.17, 15) is 18.0 Å². The molecule has 2 rings (SSSR count). The summed E-state index contributed by atoms with van der Waals surface area (Å²) in [7, 11) is 0. The van der Waals surface area contributed by atoms with E-state index in [-0.39, 0.29) is 10.3 Å². The molecule has 1 aromatic heterocycles. The van der Waals surface area contributed by atoms with Gasteiger partial charge in [0.2, 0.25) is 0 Å². The molecule has 0 atom stereocenters. The predicted octanol–water partition coefficient (Wildman–Crippen LogP) is 4.01. The molecule has 0 saturated heterocycles. The van der Waals surface area contributed by atoms with Crippen LogP contribution in [0.4, 0.5) is 19.0 Å². The highest BCUT2D eigenvalue weighted by Gasteiger charge is 2.35. The third-order valence-corrected chi connectivity index (χ3v) is 3.28. The van der Waals surface area contributed by atoms with E-state index in [0.29, 0.717) is 6.42 Å². The molecule has 2 N–H and O–H groups in total. The van der Waals surface area contributed by atoms with Gasteiger partial charge in [0.1, 0.15) is 0 Å². The smallest absolute Gasteiger partial charge is 0.305 e. The maximum atomic E-state index is 13.0. The summed E-state index contributed by atoms with van der Waals surface area (Å²) in [5, 5.41) is 8.83. The second-order valence-electron chi connectivity index (χ2n) is 4.27. The second-order valence-corrected chi connectivity index (χ2v) is 5.19. The highest BCUT2D eigenvalue weighted by molar-refractivity contribution is 9.10. The molecule has 0 spiro atoms. The number of hydrogen-bond acceptors (Lipinski definition) is 2. The van der Waals surface area contributed by atoms with Gasteiger partial charge in [0.05, 0.1) is 11.1 Å². The van der Waals surface area contributed by atoms with Gasteiger partial charge in [0.15, 0.2) is 5.82 Å². The molecule has 0 aliphatic heterocycles. The number of aromatic amines is 1. The number of alkyl halides is 3. The van der Waals surface area contributed by atoms with Gasteiger partial charge in [-0.2, -0.15) is 18.3 Å². The normalized spacial score (nSPS) is 11.5. The molecule has 4 nitrogen and oxygen atoms in total. The van der Waals surface area contributed by atoms with Crippen LogP contribution < -0.4 is 5.32 Å². The van der Waals surface area contributed by atoms with Crippen LogP contribution in [-0.2, 0) is 12.6 Å². The molecule has 8 heteroatoms. The van der Waals surface area contributed by atoms with Crippen LogP contribution in [0.15, 0.2) is 28.7 Å². The summed E-state index contributed by atoms with van der Waals surface area (Å²) in [6.45, 7) is 1.88. The lowest BCUT2D eigenvalue weighted by Gasteiger charge is -2.12. The zero-order valence-corrected chi connectivity index (χ0v) is 12.5. The van der Waals surface area contributed by atoms with E-state index in [2.05, 4.69) is 31.4 Å². The van der Waals surface area contributed by atoms with E-state index >= 15 is 0 Å². The molecular formula is C13H11BrF3N3O. The first kappa shape index (κ1) is 15.6. The van der Waals surface area contributed by atoms with Crippen LogP contribution >= 0.6 is 15.9 Å². The van der Waals surface area contributed by atoms with Gasteiger partial charge in [-0.15, -0.1) is 0 Å². The van der Waals surface area contributed by atoms with Crippen LogP contribution in [0, 0.1) is 0 Å². The Hall–Kier alpha value is -1.83. The van der Waals surface area contributed by atoms with Gasteiger partial charge in [-0.05, 0) is 24.6 Å². The first-order valence-electron chi connectivity index (χ1n) is 6.03. The minimum atomic E-state index is -4.61. The maximum absolute atomic E-state index is 13.0. The van der Waals surface area contributed by atoms with Gasteiger partial charge in [-0.25, -0.2) is 0 Å². The van der Waals surface area contributed by atoms with Gasteiger partial charge in [0, 0.05) is 16.2 Å². The van der Waals surface area contributed by atoms with Crippen LogP contribution in [0.3, 0.4) is 0 Å². The van der Waals surface area contributed by atoms with Crippen molar-refractivity contribution in [1.29, 1.82) is 0 Å². The Morgan fingerprint density at radius 1 is 1.38 bits per heavy atom. The maximum Gasteiger partial charge on any atom is 0.417 e. The molecule has 112 valence electrons. The third-order valence-electron chi connectivity index (χ3n) is 2.79. The monoisotopic (exact) mass is 361 g/mol. The fraction of sp³-hybridized carbons (Fsp3) is 0.231. The van der Waals surface area contributed by atoms with Crippen molar-refractivity contribution in [2.75, 3.05) is 5.32 Å². The molecule has 1 amide bonds. The average Bonchev–Trinajstić information content (AvgIpc) is 2.85. The molecule has 0 aliphatic rings. The molecule has 21 heavy (non-hydrogen) atoms. The molecule has 0 aliphatic carbocycles. The number of aryl methyl sites for hydroxylation is 1. The molecule has 0 bridgehead atoms. The third kappa shape index (κ3) is 3.63. The van der Waals surface area contributed by atoms with Crippen molar-refractivity contribution in [2.24, 2.45) is 0 Å². The summed E-state index contributed by atoms with van der Waals surface area (Å²) >= 11 is 2.97. The topological polar surface area (TPSA) is 57.8 Å². The van der Waals surface area contributed by atoms with E-state index in [4.69, 9.17) is 0 Å². The number of H-pyrrole nitrogens is 1. The standard InChI is InChI=1S/C13H11BrF3N3O/c1-2-8-6-11(20-19-8)18-12(21)9-4-3-7(14)5-10(9)13(15,16)17/h3-6H,2H2,1H3,(H2,18,19,20,21). The van der Waals surface area contributed by atoms with E-state index in [1.807, 2.05) is 6.92 Å². The number of benzene rings is 1. The number of aromatic nitrogens is 2. The van der Waals surface area contributed by atoms with Gasteiger partial charge in [-0.1, -0.05) is 22.9 Å². The largest absolute Gasteiger partial charge is 0.417 e. The zero-order chi connectivity index (χ0) is 15.6. The number of nitrogens with zero attached hydrogens (tertiary/aromatic N) is 1. The van der Waals surface area contributed by atoms with Crippen LogP contribution in [0.25, 0.3) is 0 Å². The van der Waals surface area contributed by atoms with Crippen molar-refractivity contribution in [3.63, 3.8) is 0 Å². The number of amides is 1. The molecule has 1 heterocycles. The summed E-state index contributed by atoms with van der Waals surface area (Å²) < 4.78 is 39.1. The van der Waals surface area contributed by atoms with Crippen LogP contribution in [0.1, 0.15) is 28.5 Å². The predicted molar refractivity (Wildman–Crippen MR) is 75.1 cm³/mol. The van der Waals surface area contributed by atoms with Crippen LogP contribution in [-0.4, -0.2) is 16.1 Å². The van der Waals surface area contributed by atoms with Crippen molar-refractivity contribution < 1.29 is 18.0 Å². The Bertz CT molecular complexity index is 667. The second kappa shape index (κ2) is 5.88. The Morgan fingerprint density at radius 2 is 2.10 bits per heavy atom. The van der Waals surface area contributed by atoms with Gasteiger partial charge in [-0.3, -0.25) is 9.89 Å². The molecular weight excluding hydrogens is 351 g/mol. The molecule has 0 unspecified atom stereocenters. The average molecular weight is 362 g/mol. The lowest BCUT2D eigenvalue weighted by Crippen LogP contribution is -2.19. The van der Waals surface area contributed by atoms with Crippen molar-refractivity contribution >= 4 is 27.7 Å². The molecule has 0 saturated carbocycles. The fourth-order valence-corrected chi connectivity index (χ4v) is 2.10. The van der Waals surface area contributed by atoms with Gasteiger partial charge < -0.3 is 5.32 Å². The highest BCUT2D eigenvalue weighted by Crippen LogP contribution is 2.34. The lowest BCUT2D eigenvalue weighted by molar-refractivity contribution is -0.137. The van der Waals surface area contributed by atoms with Gasteiger partial charge >= 0.3 is 6.18 Å². The number of anilines is 1. The number of halogens is 4. The molecule has 0 fully saturated rings. The number of rotatable bonds is 3. The number of nitrogens with one attached hydrogen (secondary N) is 2. The van der Waals surface area contributed by atoms with Crippen molar-refractivity contribution in [3.8, 4) is 0 Å². The minimum Gasteiger partial charge on any atom is -0.305 e. The van der Waals surface area contributed by atoms with E-state index in [1.165, 1.54) is 6.07 Å². The lowest BCUT2D eigenvalue weighted by atomic mass is 10.1. The number of hydrogen-bond donors (Lipinski definition) is 2. The molecule has 1 aromatic carbocycles. The first-order chi connectivity index (χ1) is 9.81. The minimum absolute atomic E-state index is 0.188. The van der Waals surface area contributed by atoms with E-state index in [1.54, 1.807) is 6.07 Å². The summed E-state index contributed by atoms with van der Waals surface area (Å²) in [4.78, 5) is 12.0. The Morgan fingerprint density at radius 3 is 2.67 bits per heavy atom. The SMILES string of the molecule is CCc1cc(NC(=O)c2ccc(Br)cc2C(F)(F)F)n[nH]1. The van der Waals surface area contributed by atoms with Crippen molar-refractivity contribution in [3.05, 3.63) is 45.6 Å². The highest BCUT2D eigenvalue weighted by atomic mass is 79.9. The van der Waals surface area contributed by atoms with Crippen LogP contribution in [0.2, 0.25) is 0 Å². The van der Waals surface area contributed by atoms with Crippen molar-refractivity contribution in [1.82, 2.24) is 10.2 Å². The number of carbonyl (C=O) groups is 1. The Kier molecular flexibility index (Phi) is 4.36. The quantitative estimate of drug-likeness (QED) is 0.867. The summed E-state index contributed by atoms with van der Waals surface area (Å²) in [6.07, 6.45) is -3.94. The summed E-state index contributed by atoms with van der Waals surface area (Å²) in [5.74, 6) is -0.670. The summed E-state index contributed by atoms with van der Waals surface area (Å²) in [6, 6.07) is 4.95. The molecule has 0 radical (unpaired) electrons. The van der Waals surface area contributed by atoms with E-state index in [0.717, 1.165) is 17.8 Å².